The molecule has 1 aromatic heterocycles. The minimum Gasteiger partial charge on any atom is -0.385 e. The average molecular weight is 388 g/mol. The van der Waals surface area contributed by atoms with Crippen molar-refractivity contribution in [3.63, 3.8) is 0 Å². The van der Waals surface area contributed by atoms with Crippen molar-refractivity contribution < 1.29 is 22.5 Å². The van der Waals surface area contributed by atoms with E-state index < -0.39 is 10.0 Å². The highest BCUT2D eigenvalue weighted by atomic mass is 32.2. The number of hydrogen-bond acceptors (Lipinski definition) is 6. The van der Waals surface area contributed by atoms with E-state index in [1.807, 2.05) is 6.92 Å². The number of hydrogen-bond donors (Lipinski definition) is 1. The van der Waals surface area contributed by atoms with Crippen molar-refractivity contribution in [3.8, 4) is 0 Å². The largest absolute Gasteiger partial charge is 0.385 e. The number of aryl methyl sites for hydroxylation is 2. The summed E-state index contributed by atoms with van der Waals surface area (Å²) in [6.45, 7) is 7.16. The van der Waals surface area contributed by atoms with Crippen LogP contribution >= 0.6 is 0 Å². The number of sulfonamides is 1. The Morgan fingerprint density at radius 2 is 2.04 bits per heavy atom. The molecule has 0 spiro atoms. The molecule has 0 radical (unpaired) electrons. The van der Waals surface area contributed by atoms with Crippen LogP contribution in [-0.2, 0) is 19.6 Å². The van der Waals surface area contributed by atoms with Crippen LogP contribution in [0.3, 0.4) is 0 Å². The number of carbonyl (C=O) groups excluding carboxylic acids is 1. The molecule has 1 N–H and O–H groups in total. The van der Waals surface area contributed by atoms with Crippen LogP contribution in [0.4, 0.5) is 0 Å². The lowest BCUT2D eigenvalue weighted by atomic mass is 9.85. The minimum atomic E-state index is -3.61. The summed E-state index contributed by atoms with van der Waals surface area (Å²) in [5, 5.41) is 6.66. The Morgan fingerprint density at radius 3 is 2.58 bits per heavy atom. The first-order valence-electron chi connectivity index (χ1n) is 8.98. The number of nitrogens with one attached hydrogen (secondary N) is 1. The first-order chi connectivity index (χ1) is 12.3. The van der Waals surface area contributed by atoms with E-state index in [-0.39, 0.29) is 22.6 Å². The molecule has 1 fully saturated rings. The molecule has 0 aliphatic carbocycles. The van der Waals surface area contributed by atoms with Crippen LogP contribution in [0.5, 0.6) is 0 Å². The summed E-state index contributed by atoms with van der Waals surface area (Å²) in [6, 6.07) is 0. The van der Waals surface area contributed by atoms with E-state index in [4.69, 9.17) is 9.26 Å². The SMILES string of the molecule is COCCCNC(=O)C(C)C1CCN(S(=O)(=O)c2c(C)noc2C)CC1. The van der Waals surface area contributed by atoms with Crippen molar-refractivity contribution in [1.29, 1.82) is 0 Å². The van der Waals surface area contributed by atoms with Crippen LogP contribution in [0.1, 0.15) is 37.6 Å². The van der Waals surface area contributed by atoms with Crippen molar-refractivity contribution in [2.24, 2.45) is 11.8 Å². The van der Waals surface area contributed by atoms with Gasteiger partial charge in [-0.05, 0) is 39.0 Å². The number of methoxy groups -OCH3 is 1. The molecule has 1 aromatic rings. The molecular formula is C17H29N3O5S. The molecule has 2 rings (SSSR count). The molecule has 1 saturated heterocycles. The minimum absolute atomic E-state index is 0.0214. The molecular weight excluding hydrogens is 358 g/mol. The Morgan fingerprint density at radius 1 is 1.38 bits per heavy atom. The maximum atomic E-state index is 12.8. The topological polar surface area (TPSA) is 102 Å². The number of piperidine rings is 1. The fraction of sp³-hybridized carbons (Fsp3) is 0.765. The van der Waals surface area contributed by atoms with Crippen molar-refractivity contribution in [3.05, 3.63) is 11.5 Å². The highest BCUT2D eigenvalue weighted by Gasteiger charge is 2.36. The van der Waals surface area contributed by atoms with Gasteiger partial charge in [-0.25, -0.2) is 8.42 Å². The smallest absolute Gasteiger partial charge is 0.248 e. The molecule has 1 aliphatic rings. The Hall–Kier alpha value is -1.45. The van der Waals surface area contributed by atoms with Crippen LogP contribution in [0.15, 0.2) is 9.42 Å². The summed E-state index contributed by atoms with van der Waals surface area (Å²) < 4.78 is 37.1. The molecule has 9 heteroatoms. The molecule has 0 aromatic carbocycles. The predicted octanol–water partition coefficient (Wildman–Crippen LogP) is 1.48. The van der Waals surface area contributed by atoms with Crippen LogP contribution in [0, 0.1) is 25.7 Å². The van der Waals surface area contributed by atoms with Crippen LogP contribution in [0.25, 0.3) is 0 Å². The average Bonchev–Trinajstić information content (AvgIpc) is 2.97. The third-order valence-electron chi connectivity index (χ3n) is 5.01. The van der Waals surface area contributed by atoms with E-state index in [2.05, 4.69) is 10.5 Å². The van der Waals surface area contributed by atoms with Crippen molar-refractivity contribution in [2.75, 3.05) is 33.4 Å². The maximum Gasteiger partial charge on any atom is 0.248 e. The summed E-state index contributed by atoms with van der Waals surface area (Å²) in [5.41, 5.74) is 0.383. The summed E-state index contributed by atoms with van der Waals surface area (Å²) in [7, 11) is -1.97. The van der Waals surface area contributed by atoms with E-state index in [0.29, 0.717) is 50.5 Å². The highest BCUT2D eigenvalue weighted by Crippen LogP contribution is 2.30. The second-order valence-electron chi connectivity index (χ2n) is 6.82. The lowest BCUT2D eigenvalue weighted by Crippen LogP contribution is -2.43. The fourth-order valence-electron chi connectivity index (χ4n) is 3.39. The van der Waals surface area contributed by atoms with E-state index >= 15 is 0 Å². The molecule has 2 heterocycles. The second kappa shape index (κ2) is 8.96. The number of nitrogens with zero attached hydrogens (tertiary/aromatic N) is 2. The van der Waals surface area contributed by atoms with Crippen LogP contribution in [0.2, 0.25) is 0 Å². The van der Waals surface area contributed by atoms with E-state index in [9.17, 15) is 13.2 Å². The molecule has 26 heavy (non-hydrogen) atoms. The van der Waals surface area contributed by atoms with Gasteiger partial charge in [-0.2, -0.15) is 4.31 Å². The zero-order valence-electron chi connectivity index (χ0n) is 15.9. The van der Waals surface area contributed by atoms with E-state index in [1.54, 1.807) is 21.0 Å². The molecule has 1 unspecified atom stereocenters. The summed E-state index contributed by atoms with van der Waals surface area (Å²) in [5.74, 6) is 0.372. The van der Waals surface area contributed by atoms with Gasteiger partial charge in [-0.1, -0.05) is 12.1 Å². The quantitative estimate of drug-likeness (QED) is 0.678. The molecule has 1 atom stereocenters. The first-order valence-corrected chi connectivity index (χ1v) is 10.4. The van der Waals surface area contributed by atoms with Gasteiger partial charge in [0.2, 0.25) is 15.9 Å². The Kier molecular flexibility index (Phi) is 7.19. The fourth-order valence-corrected chi connectivity index (χ4v) is 5.15. The molecule has 148 valence electrons. The van der Waals surface area contributed by atoms with Crippen molar-refractivity contribution >= 4 is 15.9 Å². The predicted molar refractivity (Wildman–Crippen MR) is 96.1 cm³/mol. The third kappa shape index (κ3) is 4.63. The normalized spacial score (nSPS) is 18.0. The number of aromatic nitrogens is 1. The van der Waals surface area contributed by atoms with Gasteiger partial charge in [-0.15, -0.1) is 0 Å². The molecule has 0 saturated carbocycles. The lowest BCUT2D eigenvalue weighted by Gasteiger charge is -2.33. The Bertz CT molecular complexity index is 688. The van der Waals surface area contributed by atoms with Crippen LogP contribution in [-0.4, -0.2) is 57.1 Å². The van der Waals surface area contributed by atoms with Gasteiger partial charge in [0.1, 0.15) is 10.6 Å². The maximum absolute atomic E-state index is 12.8. The molecule has 1 amide bonds. The molecule has 8 nitrogen and oxygen atoms in total. The summed E-state index contributed by atoms with van der Waals surface area (Å²) in [6.07, 6.45) is 2.10. The van der Waals surface area contributed by atoms with Gasteiger partial charge in [0.15, 0.2) is 5.76 Å². The van der Waals surface area contributed by atoms with Gasteiger partial charge < -0.3 is 14.6 Å². The zero-order valence-corrected chi connectivity index (χ0v) is 16.8. The molecule has 1 aliphatic heterocycles. The van der Waals surface area contributed by atoms with Crippen molar-refractivity contribution in [2.45, 2.75) is 44.9 Å². The van der Waals surface area contributed by atoms with E-state index in [0.717, 1.165) is 6.42 Å². The van der Waals surface area contributed by atoms with Crippen molar-refractivity contribution in [1.82, 2.24) is 14.8 Å². The Balaban J connectivity index is 1.91. The van der Waals surface area contributed by atoms with Gasteiger partial charge in [0.05, 0.1) is 0 Å². The van der Waals surface area contributed by atoms with Gasteiger partial charge in [0, 0.05) is 39.3 Å². The number of ether oxygens (including phenoxy) is 1. The summed E-state index contributed by atoms with van der Waals surface area (Å²) in [4.78, 5) is 12.4. The highest BCUT2D eigenvalue weighted by molar-refractivity contribution is 7.89. The summed E-state index contributed by atoms with van der Waals surface area (Å²) >= 11 is 0. The number of amides is 1. The third-order valence-corrected chi connectivity index (χ3v) is 7.15. The number of rotatable bonds is 8. The zero-order chi connectivity index (χ0) is 19.3. The van der Waals surface area contributed by atoms with Gasteiger partial charge in [-0.3, -0.25) is 4.79 Å². The van der Waals surface area contributed by atoms with Gasteiger partial charge >= 0.3 is 0 Å². The standard InChI is InChI=1S/C17H29N3O5S/c1-12(17(21)18-8-5-11-24-4)15-6-9-20(10-7-15)26(22,23)16-13(2)19-25-14(16)3/h12,15H,5-11H2,1-4H3,(H,18,21). The lowest BCUT2D eigenvalue weighted by molar-refractivity contribution is -0.126. The first kappa shape index (κ1) is 20.9. The van der Waals surface area contributed by atoms with Crippen LogP contribution < -0.4 is 5.32 Å². The monoisotopic (exact) mass is 387 g/mol. The number of carbonyl (C=O) groups is 1. The van der Waals surface area contributed by atoms with E-state index in [1.165, 1.54) is 4.31 Å². The van der Waals surface area contributed by atoms with Gasteiger partial charge in [0.25, 0.3) is 0 Å². The molecule has 0 bridgehead atoms. The Labute approximate surface area is 155 Å². The second-order valence-corrected chi connectivity index (χ2v) is 8.70.